The standard InChI is InChI=1S/C16H25N5O4S/c17-15(22)12-6-10-21(11-7-12)9-1-8-19-16(23)20-13-2-4-14(5-3-13)26(18,24)25/h2-5,12H,1,6-11H2,(H2,17,22)(H2,18,24,25)(H2,19,20,23). The minimum Gasteiger partial charge on any atom is -0.369 e. The fourth-order valence-corrected chi connectivity index (χ4v) is 3.36. The summed E-state index contributed by atoms with van der Waals surface area (Å²) in [6, 6.07) is 5.26. The number of amides is 3. The number of urea groups is 1. The van der Waals surface area contributed by atoms with Gasteiger partial charge < -0.3 is 21.3 Å². The van der Waals surface area contributed by atoms with Crippen molar-refractivity contribution in [3.63, 3.8) is 0 Å². The second kappa shape index (κ2) is 8.97. The van der Waals surface area contributed by atoms with E-state index in [0.29, 0.717) is 12.2 Å². The van der Waals surface area contributed by atoms with Crippen LogP contribution in [0.3, 0.4) is 0 Å². The van der Waals surface area contributed by atoms with Crippen LogP contribution in [0, 0.1) is 5.92 Å². The Bertz CT molecular complexity index is 728. The molecule has 0 atom stereocenters. The molecule has 0 unspecified atom stereocenters. The molecule has 144 valence electrons. The Balaban J connectivity index is 1.64. The molecule has 0 saturated carbocycles. The highest BCUT2D eigenvalue weighted by molar-refractivity contribution is 7.89. The number of primary amides is 1. The minimum atomic E-state index is -3.74. The van der Waals surface area contributed by atoms with Gasteiger partial charge in [-0.3, -0.25) is 4.79 Å². The zero-order valence-electron chi connectivity index (χ0n) is 14.5. The van der Waals surface area contributed by atoms with Crippen LogP contribution in [0.1, 0.15) is 19.3 Å². The maximum absolute atomic E-state index is 11.8. The lowest BCUT2D eigenvalue weighted by Crippen LogP contribution is -2.40. The van der Waals surface area contributed by atoms with Crippen molar-refractivity contribution in [1.82, 2.24) is 10.2 Å². The predicted molar refractivity (Wildman–Crippen MR) is 97.8 cm³/mol. The molecular weight excluding hydrogens is 358 g/mol. The van der Waals surface area contributed by atoms with Crippen LogP contribution in [0.2, 0.25) is 0 Å². The molecule has 1 aromatic carbocycles. The van der Waals surface area contributed by atoms with E-state index in [4.69, 9.17) is 10.9 Å². The fourth-order valence-electron chi connectivity index (χ4n) is 2.85. The van der Waals surface area contributed by atoms with Gasteiger partial charge in [-0.15, -0.1) is 0 Å². The minimum absolute atomic E-state index is 0.0106. The Hall–Kier alpha value is -2.17. The number of carbonyl (C=O) groups excluding carboxylic acids is 2. The molecule has 10 heteroatoms. The van der Waals surface area contributed by atoms with Gasteiger partial charge in [-0.1, -0.05) is 0 Å². The van der Waals surface area contributed by atoms with Crippen LogP contribution in [0.4, 0.5) is 10.5 Å². The van der Waals surface area contributed by atoms with Gasteiger partial charge in [0, 0.05) is 18.2 Å². The Morgan fingerprint density at radius 3 is 2.31 bits per heavy atom. The van der Waals surface area contributed by atoms with E-state index < -0.39 is 10.0 Å². The van der Waals surface area contributed by atoms with Crippen molar-refractivity contribution in [3.8, 4) is 0 Å². The van der Waals surface area contributed by atoms with E-state index in [2.05, 4.69) is 15.5 Å². The van der Waals surface area contributed by atoms with E-state index in [1.165, 1.54) is 24.3 Å². The molecule has 2 rings (SSSR count). The first-order valence-electron chi connectivity index (χ1n) is 8.45. The molecule has 0 radical (unpaired) electrons. The molecule has 1 aliphatic rings. The second-order valence-corrected chi connectivity index (χ2v) is 7.88. The molecule has 26 heavy (non-hydrogen) atoms. The molecule has 6 N–H and O–H groups in total. The van der Waals surface area contributed by atoms with Gasteiger partial charge in [0.15, 0.2) is 0 Å². The first-order chi connectivity index (χ1) is 12.3. The molecular formula is C16H25N5O4S. The largest absolute Gasteiger partial charge is 0.369 e. The highest BCUT2D eigenvalue weighted by atomic mass is 32.2. The summed E-state index contributed by atoms with van der Waals surface area (Å²) in [5.41, 5.74) is 5.79. The lowest BCUT2D eigenvalue weighted by molar-refractivity contribution is -0.123. The van der Waals surface area contributed by atoms with Gasteiger partial charge in [-0.05, 0) is 63.2 Å². The van der Waals surface area contributed by atoms with Gasteiger partial charge in [0.1, 0.15) is 0 Å². The number of nitrogens with two attached hydrogens (primary N) is 2. The third-order valence-electron chi connectivity index (χ3n) is 4.37. The smallest absolute Gasteiger partial charge is 0.319 e. The van der Waals surface area contributed by atoms with Crippen molar-refractivity contribution >= 4 is 27.6 Å². The molecule has 0 aromatic heterocycles. The number of piperidine rings is 1. The lowest BCUT2D eigenvalue weighted by Gasteiger charge is -2.30. The number of hydrogen-bond acceptors (Lipinski definition) is 5. The van der Waals surface area contributed by atoms with E-state index in [-0.39, 0.29) is 22.8 Å². The quantitative estimate of drug-likeness (QED) is 0.491. The average Bonchev–Trinajstić information content (AvgIpc) is 2.59. The van der Waals surface area contributed by atoms with Crippen molar-refractivity contribution in [2.45, 2.75) is 24.2 Å². The summed E-state index contributed by atoms with van der Waals surface area (Å²) < 4.78 is 22.3. The number of nitrogens with zero attached hydrogens (tertiary/aromatic N) is 1. The van der Waals surface area contributed by atoms with Crippen molar-refractivity contribution < 1.29 is 18.0 Å². The molecule has 1 aliphatic heterocycles. The number of likely N-dealkylation sites (tertiary alicyclic amines) is 1. The summed E-state index contributed by atoms with van der Waals surface area (Å²) in [4.78, 5) is 25.2. The summed E-state index contributed by atoms with van der Waals surface area (Å²) >= 11 is 0. The van der Waals surface area contributed by atoms with E-state index in [1.54, 1.807) is 0 Å². The van der Waals surface area contributed by atoms with Crippen LogP contribution in [0.15, 0.2) is 29.2 Å². The molecule has 0 aliphatic carbocycles. The number of anilines is 1. The van der Waals surface area contributed by atoms with E-state index in [1.807, 2.05) is 0 Å². The maximum atomic E-state index is 11.8. The number of hydrogen-bond donors (Lipinski definition) is 4. The van der Waals surface area contributed by atoms with Crippen LogP contribution in [-0.4, -0.2) is 51.4 Å². The van der Waals surface area contributed by atoms with Crippen LogP contribution in [0.25, 0.3) is 0 Å². The molecule has 0 spiro atoms. The normalized spacial score (nSPS) is 16.2. The summed E-state index contributed by atoms with van der Waals surface area (Å²) in [6.07, 6.45) is 2.37. The molecule has 1 aromatic rings. The van der Waals surface area contributed by atoms with Gasteiger partial charge in [-0.2, -0.15) is 0 Å². The number of nitrogens with one attached hydrogen (secondary N) is 2. The fraction of sp³-hybridized carbons (Fsp3) is 0.500. The Morgan fingerprint density at radius 2 is 1.77 bits per heavy atom. The number of primary sulfonamides is 1. The van der Waals surface area contributed by atoms with Crippen molar-refractivity contribution in [2.75, 3.05) is 31.5 Å². The molecule has 3 amide bonds. The van der Waals surface area contributed by atoms with Gasteiger partial charge in [-0.25, -0.2) is 18.4 Å². The first-order valence-corrected chi connectivity index (χ1v) is 10.00. The van der Waals surface area contributed by atoms with Gasteiger partial charge in [0.05, 0.1) is 4.90 Å². The zero-order chi connectivity index (χ0) is 19.2. The van der Waals surface area contributed by atoms with Crippen LogP contribution < -0.4 is 21.5 Å². The maximum Gasteiger partial charge on any atom is 0.319 e. The predicted octanol–water partition coefficient (Wildman–Crippen LogP) is 0.0429. The van der Waals surface area contributed by atoms with Crippen molar-refractivity contribution in [2.24, 2.45) is 16.8 Å². The SMILES string of the molecule is NC(=O)C1CCN(CCCNC(=O)Nc2ccc(S(N)(=O)=O)cc2)CC1. The number of benzene rings is 1. The van der Waals surface area contributed by atoms with Crippen LogP contribution in [-0.2, 0) is 14.8 Å². The number of rotatable bonds is 7. The van der Waals surface area contributed by atoms with E-state index in [9.17, 15) is 18.0 Å². The zero-order valence-corrected chi connectivity index (χ0v) is 15.3. The summed E-state index contributed by atoms with van der Waals surface area (Å²) in [7, 11) is -3.74. The Kier molecular flexibility index (Phi) is 6.95. The monoisotopic (exact) mass is 383 g/mol. The third kappa shape index (κ3) is 6.28. The van der Waals surface area contributed by atoms with Crippen LogP contribution >= 0.6 is 0 Å². The number of carbonyl (C=O) groups is 2. The molecule has 0 bridgehead atoms. The van der Waals surface area contributed by atoms with E-state index >= 15 is 0 Å². The highest BCUT2D eigenvalue weighted by Crippen LogP contribution is 2.16. The van der Waals surface area contributed by atoms with E-state index in [0.717, 1.165) is 38.9 Å². The molecule has 1 saturated heterocycles. The third-order valence-corrected chi connectivity index (χ3v) is 5.30. The first kappa shape index (κ1) is 20.1. The lowest BCUT2D eigenvalue weighted by atomic mass is 9.96. The highest BCUT2D eigenvalue weighted by Gasteiger charge is 2.22. The Morgan fingerprint density at radius 1 is 1.15 bits per heavy atom. The molecule has 1 fully saturated rings. The van der Waals surface area contributed by atoms with Gasteiger partial charge >= 0.3 is 6.03 Å². The number of sulfonamides is 1. The Labute approximate surface area is 153 Å². The van der Waals surface area contributed by atoms with Gasteiger partial charge in [0.25, 0.3) is 0 Å². The van der Waals surface area contributed by atoms with Crippen LogP contribution in [0.5, 0.6) is 0 Å². The van der Waals surface area contributed by atoms with Gasteiger partial charge in [0.2, 0.25) is 15.9 Å². The molecule has 9 nitrogen and oxygen atoms in total. The van der Waals surface area contributed by atoms with Crippen molar-refractivity contribution in [3.05, 3.63) is 24.3 Å². The average molecular weight is 383 g/mol. The topological polar surface area (TPSA) is 148 Å². The molecule has 1 heterocycles. The summed E-state index contributed by atoms with van der Waals surface area (Å²) in [5, 5.41) is 10.4. The second-order valence-electron chi connectivity index (χ2n) is 6.32. The summed E-state index contributed by atoms with van der Waals surface area (Å²) in [6.45, 7) is 3.04. The summed E-state index contributed by atoms with van der Waals surface area (Å²) in [5.74, 6) is -0.240. The van der Waals surface area contributed by atoms with Crippen molar-refractivity contribution in [1.29, 1.82) is 0 Å².